The summed E-state index contributed by atoms with van der Waals surface area (Å²) in [5.41, 5.74) is 0.381. The predicted molar refractivity (Wildman–Crippen MR) is 95.4 cm³/mol. The molecule has 3 rings (SSSR count). The Morgan fingerprint density at radius 2 is 1.48 bits per heavy atom. The molecule has 5 nitrogen and oxygen atoms in total. The lowest BCUT2D eigenvalue weighted by atomic mass is 10.0. The van der Waals surface area contributed by atoms with Crippen LogP contribution in [0.5, 0.6) is 0 Å². The highest BCUT2D eigenvalue weighted by atomic mass is 32.2. The first-order chi connectivity index (χ1) is 12.0. The largest absolute Gasteiger partial charge is 0.478 e. The summed E-state index contributed by atoms with van der Waals surface area (Å²) in [7, 11) is -0.204. The molecular formula is C19H15NO4S. The Morgan fingerprint density at radius 1 is 0.880 bits per heavy atom. The highest BCUT2D eigenvalue weighted by Gasteiger charge is 2.20. The fourth-order valence-corrected chi connectivity index (χ4v) is 4.12. The van der Waals surface area contributed by atoms with Gasteiger partial charge in [0.25, 0.3) is 5.91 Å². The number of carboxylic acids is 1. The van der Waals surface area contributed by atoms with E-state index in [9.17, 15) is 18.9 Å². The number of rotatable bonds is 4. The molecule has 3 aromatic carbocycles. The van der Waals surface area contributed by atoms with Crippen LogP contribution in [-0.2, 0) is 10.8 Å². The zero-order chi connectivity index (χ0) is 18.0. The van der Waals surface area contributed by atoms with Crippen LogP contribution in [0.3, 0.4) is 0 Å². The van der Waals surface area contributed by atoms with Gasteiger partial charge in [0.05, 0.1) is 31.7 Å². The lowest BCUT2D eigenvalue weighted by molar-refractivity contribution is 0.0698. The minimum Gasteiger partial charge on any atom is -0.478 e. The van der Waals surface area contributed by atoms with Crippen molar-refractivity contribution in [3.63, 3.8) is 0 Å². The fourth-order valence-electron chi connectivity index (χ4n) is 2.71. The predicted octanol–water partition coefficient (Wildman–Crippen LogP) is 3.06. The maximum Gasteiger partial charge on any atom is 0.336 e. The van der Waals surface area contributed by atoms with Gasteiger partial charge in [-0.25, -0.2) is 9.00 Å². The number of carbonyl (C=O) groups is 2. The Kier molecular flexibility index (Phi) is 4.63. The van der Waals surface area contributed by atoms with E-state index in [2.05, 4.69) is 5.32 Å². The molecule has 25 heavy (non-hydrogen) atoms. The molecule has 0 spiro atoms. The number of aromatic carboxylic acids is 1. The zero-order valence-electron chi connectivity index (χ0n) is 13.4. The van der Waals surface area contributed by atoms with Crippen molar-refractivity contribution in [3.8, 4) is 0 Å². The smallest absolute Gasteiger partial charge is 0.336 e. The summed E-state index contributed by atoms with van der Waals surface area (Å²) in [5.74, 6) is -1.43. The number of hydrogen-bond donors (Lipinski definition) is 2. The van der Waals surface area contributed by atoms with Crippen molar-refractivity contribution in [1.29, 1.82) is 0 Å². The molecule has 1 amide bonds. The molecular weight excluding hydrogens is 338 g/mol. The molecule has 0 saturated heterocycles. The maximum absolute atomic E-state index is 13.2. The standard InChI is InChI=1S/C19H15NO4S/c1-20-18(21)13-8-2-3-10-15(13)25(24)16-11-5-7-12-6-4-9-14(17(12)16)19(22)23/h2-11H,1H3,(H,20,21)(H,22,23). The summed E-state index contributed by atoms with van der Waals surface area (Å²) < 4.78 is 13.2. The molecule has 6 heteroatoms. The van der Waals surface area contributed by atoms with Crippen molar-refractivity contribution >= 4 is 33.4 Å². The summed E-state index contributed by atoms with van der Waals surface area (Å²) in [4.78, 5) is 24.4. The van der Waals surface area contributed by atoms with Gasteiger partial charge in [0.2, 0.25) is 0 Å². The van der Waals surface area contributed by atoms with Crippen molar-refractivity contribution in [2.24, 2.45) is 0 Å². The lowest BCUT2D eigenvalue weighted by Gasteiger charge is -2.12. The van der Waals surface area contributed by atoms with Gasteiger partial charge in [-0.15, -0.1) is 0 Å². The number of hydrogen-bond acceptors (Lipinski definition) is 3. The van der Waals surface area contributed by atoms with E-state index in [0.29, 0.717) is 26.1 Å². The van der Waals surface area contributed by atoms with Gasteiger partial charge in [-0.3, -0.25) is 4.79 Å². The van der Waals surface area contributed by atoms with E-state index in [0.717, 1.165) is 0 Å². The van der Waals surface area contributed by atoms with Gasteiger partial charge in [-0.05, 0) is 29.7 Å². The van der Waals surface area contributed by atoms with Crippen LogP contribution in [0.25, 0.3) is 10.8 Å². The van der Waals surface area contributed by atoms with Crippen LogP contribution in [-0.4, -0.2) is 28.2 Å². The number of amides is 1. The minimum atomic E-state index is -1.71. The number of fused-ring (bicyclic) bond motifs is 1. The number of nitrogens with one attached hydrogen (secondary N) is 1. The normalized spacial score (nSPS) is 11.9. The van der Waals surface area contributed by atoms with Crippen LogP contribution in [0.4, 0.5) is 0 Å². The van der Waals surface area contributed by atoms with Crippen LogP contribution in [0.1, 0.15) is 20.7 Å². The van der Waals surface area contributed by atoms with E-state index >= 15 is 0 Å². The Morgan fingerprint density at radius 3 is 2.16 bits per heavy atom. The van der Waals surface area contributed by atoms with Gasteiger partial charge in [0.15, 0.2) is 0 Å². The Bertz CT molecular complexity index is 1010. The van der Waals surface area contributed by atoms with Gasteiger partial charge >= 0.3 is 5.97 Å². The first-order valence-corrected chi connectivity index (χ1v) is 8.67. The molecule has 0 aromatic heterocycles. The second-order valence-electron chi connectivity index (χ2n) is 5.31. The topological polar surface area (TPSA) is 83.5 Å². The molecule has 0 heterocycles. The van der Waals surface area contributed by atoms with Gasteiger partial charge in [-0.1, -0.05) is 36.4 Å². The third-order valence-corrected chi connectivity index (χ3v) is 5.35. The van der Waals surface area contributed by atoms with Gasteiger partial charge in [0, 0.05) is 12.4 Å². The number of carboxylic acid groups (broad SMARTS) is 1. The van der Waals surface area contributed by atoms with Gasteiger partial charge < -0.3 is 10.4 Å². The Hall–Kier alpha value is -2.99. The summed E-state index contributed by atoms with van der Waals surface area (Å²) in [6, 6.07) is 16.6. The van der Waals surface area contributed by atoms with E-state index in [-0.39, 0.29) is 11.5 Å². The monoisotopic (exact) mass is 353 g/mol. The molecule has 2 N–H and O–H groups in total. The van der Waals surface area contributed by atoms with Crippen LogP contribution in [0.2, 0.25) is 0 Å². The van der Waals surface area contributed by atoms with Crippen LogP contribution in [0.15, 0.2) is 70.5 Å². The Labute approximate surface area is 146 Å². The highest BCUT2D eigenvalue weighted by Crippen LogP contribution is 2.29. The average molecular weight is 353 g/mol. The maximum atomic E-state index is 13.2. The number of carbonyl (C=O) groups excluding carboxylic acids is 1. The molecule has 0 radical (unpaired) electrons. The molecule has 1 unspecified atom stereocenters. The third kappa shape index (κ3) is 3.04. The lowest BCUT2D eigenvalue weighted by Crippen LogP contribution is -2.19. The first kappa shape index (κ1) is 16.9. The van der Waals surface area contributed by atoms with E-state index in [1.807, 2.05) is 0 Å². The van der Waals surface area contributed by atoms with Crippen molar-refractivity contribution in [1.82, 2.24) is 5.32 Å². The van der Waals surface area contributed by atoms with Crippen molar-refractivity contribution < 1.29 is 18.9 Å². The van der Waals surface area contributed by atoms with Crippen LogP contribution >= 0.6 is 0 Å². The summed E-state index contributed by atoms with van der Waals surface area (Å²) in [5, 5.41) is 13.1. The second kappa shape index (κ2) is 6.86. The quantitative estimate of drug-likeness (QED) is 0.755. The van der Waals surface area contributed by atoms with Crippen molar-refractivity contribution in [3.05, 3.63) is 71.8 Å². The summed E-state index contributed by atoms with van der Waals surface area (Å²) >= 11 is 0. The summed E-state index contributed by atoms with van der Waals surface area (Å²) in [6.07, 6.45) is 0. The Balaban J connectivity index is 2.26. The van der Waals surface area contributed by atoms with E-state index < -0.39 is 16.8 Å². The van der Waals surface area contributed by atoms with Crippen molar-refractivity contribution in [2.45, 2.75) is 9.79 Å². The molecule has 0 aliphatic heterocycles. The molecule has 126 valence electrons. The van der Waals surface area contributed by atoms with Crippen LogP contribution in [0, 0.1) is 0 Å². The number of benzene rings is 3. The average Bonchev–Trinajstić information content (AvgIpc) is 2.65. The molecule has 0 aliphatic carbocycles. The zero-order valence-corrected chi connectivity index (χ0v) is 14.2. The SMILES string of the molecule is CNC(=O)c1ccccc1S(=O)c1cccc2cccc(C(=O)O)c12. The summed E-state index contributed by atoms with van der Waals surface area (Å²) in [6.45, 7) is 0. The van der Waals surface area contributed by atoms with Gasteiger partial charge in [0.1, 0.15) is 0 Å². The second-order valence-corrected chi connectivity index (χ2v) is 6.73. The fraction of sp³-hybridized carbons (Fsp3) is 0.0526. The van der Waals surface area contributed by atoms with E-state index in [1.54, 1.807) is 54.6 Å². The van der Waals surface area contributed by atoms with Crippen LogP contribution < -0.4 is 5.32 Å². The van der Waals surface area contributed by atoms with E-state index in [4.69, 9.17) is 0 Å². The van der Waals surface area contributed by atoms with E-state index in [1.165, 1.54) is 13.1 Å². The molecule has 1 atom stereocenters. The highest BCUT2D eigenvalue weighted by molar-refractivity contribution is 7.85. The molecule has 0 aliphatic rings. The third-order valence-electron chi connectivity index (χ3n) is 3.86. The molecule has 3 aromatic rings. The van der Waals surface area contributed by atoms with Crippen molar-refractivity contribution in [2.75, 3.05) is 7.05 Å². The minimum absolute atomic E-state index is 0.0823. The first-order valence-electron chi connectivity index (χ1n) is 7.52. The molecule has 0 bridgehead atoms. The van der Waals surface area contributed by atoms with Gasteiger partial charge in [-0.2, -0.15) is 0 Å². The molecule has 0 saturated carbocycles. The molecule has 0 fully saturated rings.